The molecule has 8 heteroatoms. The summed E-state index contributed by atoms with van der Waals surface area (Å²) in [6, 6.07) is 9.84. The number of pyridine rings is 1. The van der Waals surface area contributed by atoms with Gasteiger partial charge in [-0.05, 0) is 45.5 Å². The van der Waals surface area contributed by atoms with Crippen LogP contribution in [-0.2, 0) is 0 Å². The summed E-state index contributed by atoms with van der Waals surface area (Å²) in [7, 11) is 2.08. The minimum atomic E-state index is -0.436. The molecular weight excluding hydrogens is 370 g/mol. The number of aromatic nitrogens is 3. The third-order valence-corrected chi connectivity index (χ3v) is 5.78. The largest absolute Gasteiger partial charge is 0.301 e. The van der Waals surface area contributed by atoms with Gasteiger partial charge >= 0.3 is 0 Å². The highest BCUT2D eigenvalue weighted by Gasteiger charge is 2.28. The Kier molecular flexibility index (Phi) is 5.10. The average molecular weight is 393 g/mol. The molecule has 1 aromatic carbocycles. The van der Waals surface area contributed by atoms with Gasteiger partial charge in [-0.25, -0.2) is 4.68 Å². The molecule has 0 amide bonds. The molecule has 8 nitrogen and oxygen atoms in total. The van der Waals surface area contributed by atoms with E-state index < -0.39 is 4.92 Å². The van der Waals surface area contributed by atoms with Crippen LogP contribution in [0.1, 0.15) is 32.2 Å². The molecule has 3 heterocycles. The molecule has 2 atom stereocenters. The van der Waals surface area contributed by atoms with Crippen molar-refractivity contribution in [2.45, 2.75) is 38.3 Å². The lowest BCUT2D eigenvalue weighted by Gasteiger charge is -2.36. The first kappa shape index (κ1) is 19.2. The topological polar surface area (TPSA) is 94.2 Å². The molecule has 0 N–H and O–H groups in total. The Labute approximate surface area is 167 Å². The van der Waals surface area contributed by atoms with E-state index in [0.717, 1.165) is 25.8 Å². The maximum absolute atomic E-state index is 13.2. The molecule has 2 aromatic heterocycles. The molecule has 0 bridgehead atoms. The van der Waals surface area contributed by atoms with Gasteiger partial charge in [-0.2, -0.15) is 5.10 Å². The first-order valence-electron chi connectivity index (χ1n) is 9.80. The van der Waals surface area contributed by atoms with Crippen molar-refractivity contribution in [1.82, 2.24) is 19.7 Å². The fourth-order valence-corrected chi connectivity index (χ4v) is 4.20. The summed E-state index contributed by atoms with van der Waals surface area (Å²) in [5, 5.41) is 16.4. The zero-order valence-corrected chi connectivity index (χ0v) is 16.5. The summed E-state index contributed by atoms with van der Waals surface area (Å²) < 4.78 is 1.53. The van der Waals surface area contributed by atoms with E-state index in [2.05, 4.69) is 22.0 Å². The molecule has 0 spiro atoms. The standard InChI is InChI=1S/C21H23N5O3/c1-14(18-10-3-4-12-24(18)2)25-21(27)17-9-6-11-22-20(17)19(23-25)15-7-5-8-16(13-15)26(28)29/h5-9,11,13-14,18H,3-4,10,12H2,1-2H3. The summed E-state index contributed by atoms with van der Waals surface area (Å²) in [6.07, 6.45) is 4.89. The molecule has 29 heavy (non-hydrogen) atoms. The van der Waals surface area contributed by atoms with Gasteiger partial charge in [0.1, 0.15) is 11.2 Å². The van der Waals surface area contributed by atoms with Crippen molar-refractivity contribution in [2.75, 3.05) is 13.6 Å². The maximum atomic E-state index is 13.2. The van der Waals surface area contributed by atoms with E-state index in [9.17, 15) is 14.9 Å². The van der Waals surface area contributed by atoms with Crippen LogP contribution in [0.3, 0.4) is 0 Å². The zero-order valence-electron chi connectivity index (χ0n) is 16.5. The fourth-order valence-electron chi connectivity index (χ4n) is 4.20. The van der Waals surface area contributed by atoms with E-state index in [1.165, 1.54) is 16.8 Å². The Hall–Kier alpha value is -3.13. The number of nitro groups is 1. The number of likely N-dealkylation sites (N-methyl/N-ethyl adjacent to an activating group) is 1. The molecule has 2 unspecified atom stereocenters. The van der Waals surface area contributed by atoms with Crippen molar-refractivity contribution in [3.63, 3.8) is 0 Å². The second kappa shape index (κ2) is 7.71. The molecular formula is C21H23N5O3. The number of nitro benzene ring substituents is 1. The van der Waals surface area contributed by atoms with Gasteiger partial charge in [0.2, 0.25) is 0 Å². The van der Waals surface area contributed by atoms with Crippen LogP contribution in [0.25, 0.3) is 22.2 Å². The normalized spacial score (nSPS) is 18.6. The maximum Gasteiger partial charge on any atom is 0.276 e. The molecule has 4 rings (SSSR count). The Morgan fingerprint density at radius 2 is 2.07 bits per heavy atom. The highest BCUT2D eigenvalue weighted by molar-refractivity contribution is 5.90. The van der Waals surface area contributed by atoms with Gasteiger partial charge in [0.25, 0.3) is 11.2 Å². The fraction of sp³-hybridized carbons (Fsp3) is 0.381. The van der Waals surface area contributed by atoms with Crippen molar-refractivity contribution in [2.24, 2.45) is 0 Å². The van der Waals surface area contributed by atoms with E-state index in [0.29, 0.717) is 22.2 Å². The Balaban J connectivity index is 1.91. The molecule has 3 aromatic rings. The van der Waals surface area contributed by atoms with Crippen molar-refractivity contribution < 1.29 is 4.92 Å². The number of piperidine rings is 1. The lowest BCUT2D eigenvalue weighted by Crippen LogP contribution is -2.44. The number of nitrogens with zero attached hydrogens (tertiary/aromatic N) is 5. The first-order chi connectivity index (χ1) is 14.0. The molecule has 0 aliphatic carbocycles. The lowest BCUT2D eigenvalue weighted by atomic mass is 9.97. The summed E-state index contributed by atoms with van der Waals surface area (Å²) >= 11 is 0. The van der Waals surface area contributed by atoms with Gasteiger partial charge in [-0.15, -0.1) is 0 Å². The Bertz CT molecular complexity index is 1130. The van der Waals surface area contributed by atoms with E-state index in [1.807, 2.05) is 6.92 Å². The number of benzene rings is 1. The third kappa shape index (κ3) is 3.51. The van der Waals surface area contributed by atoms with Gasteiger partial charge in [-0.3, -0.25) is 19.9 Å². The van der Waals surface area contributed by atoms with E-state index in [1.54, 1.807) is 30.5 Å². The van der Waals surface area contributed by atoms with Gasteiger partial charge < -0.3 is 4.90 Å². The minimum absolute atomic E-state index is 0.0220. The van der Waals surface area contributed by atoms with Crippen LogP contribution >= 0.6 is 0 Å². The van der Waals surface area contributed by atoms with Crippen LogP contribution in [0.15, 0.2) is 47.4 Å². The summed E-state index contributed by atoms with van der Waals surface area (Å²) in [4.78, 5) is 30.6. The number of hydrogen-bond acceptors (Lipinski definition) is 6. The van der Waals surface area contributed by atoms with Crippen molar-refractivity contribution in [3.05, 3.63) is 63.1 Å². The summed E-state index contributed by atoms with van der Waals surface area (Å²) in [5.41, 5.74) is 1.30. The number of fused-ring (bicyclic) bond motifs is 1. The molecule has 1 saturated heterocycles. The predicted molar refractivity (Wildman–Crippen MR) is 111 cm³/mol. The van der Waals surface area contributed by atoms with Crippen molar-refractivity contribution in [1.29, 1.82) is 0 Å². The van der Waals surface area contributed by atoms with Crippen molar-refractivity contribution in [3.8, 4) is 11.3 Å². The SMILES string of the molecule is CC(C1CCCCN1C)n1nc(-c2cccc([N+](=O)[O-])c2)c2ncccc2c1=O. The van der Waals surface area contributed by atoms with Crippen LogP contribution in [0.5, 0.6) is 0 Å². The highest BCUT2D eigenvalue weighted by atomic mass is 16.6. The smallest absolute Gasteiger partial charge is 0.276 e. The van der Waals surface area contributed by atoms with Crippen LogP contribution < -0.4 is 5.56 Å². The Morgan fingerprint density at radius 3 is 2.83 bits per heavy atom. The van der Waals surface area contributed by atoms with Crippen LogP contribution in [-0.4, -0.2) is 44.2 Å². The monoisotopic (exact) mass is 393 g/mol. The second-order valence-corrected chi connectivity index (χ2v) is 7.59. The van der Waals surface area contributed by atoms with Gasteiger partial charge in [0, 0.05) is 29.9 Å². The third-order valence-electron chi connectivity index (χ3n) is 5.78. The number of hydrogen-bond donors (Lipinski definition) is 0. The zero-order chi connectivity index (χ0) is 20.5. The van der Waals surface area contributed by atoms with Crippen LogP contribution in [0.2, 0.25) is 0 Å². The quantitative estimate of drug-likeness (QED) is 0.498. The minimum Gasteiger partial charge on any atom is -0.301 e. The van der Waals surface area contributed by atoms with E-state index >= 15 is 0 Å². The molecule has 0 radical (unpaired) electrons. The first-order valence-corrected chi connectivity index (χ1v) is 9.80. The van der Waals surface area contributed by atoms with Gasteiger partial charge in [0.15, 0.2) is 0 Å². The number of rotatable bonds is 4. The highest BCUT2D eigenvalue weighted by Crippen LogP contribution is 2.29. The lowest BCUT2D eigenvalue weighted by molar-refractivity contribution is -0.384. The summed E-state index contributed by atoms with van der Waals surface area (Å²) in [5.74, 6) is 0. The van der Waals surface area contributed by atoms with Crippen LogP contribution in [0, 0.1) is 10.1 Å². The van der Waals surface area contributed by atoms with E-state index in [-0.39, 0.29) is 23.3 Å². The molecule has 1 aliphatic rings. The Morgan fingerprint density at radius 1 is 1.24 bits per heavy atom. The van der Waals surface area contributed by atoms with Crippen LogP contribution in [0.4, 0.5) is 5.69 Å². The summed E-state index contributed by atoms with van der Waals surface area (Å²) in [6.45, 7) is 3.01. The molecule has 0 saturated carbocycles. The second-order valence-electron chi connectivity index (χ2n) is 7.59. The number of likely N-dealkylation sites (tertiary alicyclic amines) is 1. The molecule has 1 fully saturated rings. The molecule has 150 valence electrons. The van der Waals surface area contributed by atoms with Gasteiger partial charge in [-0.1, -0.05) is 18.6 Å². The van der Waals surface area contributed by atoms with E-state index in [4.69, 9.17) is 0 Å². The molecule has 1 aliphatic heterocycles. The predicted octanol–water partition coefficient (Wildman–Crippen LogP) is 3.41. The average Bonchev–Trinajstić information content (AvgIpc) is 2.74. The van der Waals surface area contributed by atoms with Gasteiger partial charge in [0.05, 0.1) is 16.4 Å². The van der Waals surface area contributed by atoms with Crippen molar-refractivity contribution >= 4 is 16.6 Å². The number of non-ortho nitro benzene ring substituents is 1.